The molecule has 0 bridgehead atoms. The van der Waals surface area contributed by atoms with Crippen LogP contribution in [0.4, 0.5) is 4.79 Å². The number of rotatable bonds is 12. The van der Waals surface area contributed by atoms with E-state index in [-0.39, 0.29) is 31.3 Å². The van der Waals surface area contributed by atoms with Crippen LogP contribution in [0.2, 0.25) is 0 Å². The number of amides is 4. The van der Waals surface area contributed by atoms with Crippen LogP contribution in [0.5, 0.6) is 0 Å². The Morgan fingerprint density at radius 3 is 2.17 bits per heavy atom. The van der Waals surface area contributed by atoms with Gasteiger partial charge in [0.1, 0.15) is 17.7 Å². The smallest absolute Gasteiger partial charge is 0.408 e. The number of hydrogen-bond acceptors (Lipinski definition) is 5. The zero-order valence-electron chi connectivity index (χ0n) is 23.1. The molecule has 1 aromatic rings. The Balaban J connectivity index is 3.42. The highest BCUT2D eigenvalue weighted by Crippen LogP contribution is 2.25. The van der Waals surface area contributed by atoms with E-state index in [4.69, 9.17) is 10.5 Å². The number of aryl methyl sites for hydroxylation is 2. The second-order valence-corrected chi connectivity index (χ2v) is 10.3. The number of carbonyl (C=O) groups excluding carboxylic acids is 4. The molecule has 1 rings (SSSR count). The maximum atomic E-state index is 13.8. The van der Waals surface area contributed by atoms with Gasteiger partial charge >= 0.3 is 6.09 Å². The Morgan fingerprint density at radius 2 is 1.67 bits per heavy atom. The minimum absolute atomic E-state index is 0.0165. The monoisotopic (exact) mass is 504 g/mol. The van der Waals surface area contributed by atoms with Crippen molar-refractivity contribution in [2.45, 2.75) is 105 Å². The van der Waals surface area contributed by atoms with Crippen LogP contribution in [0.15, 0.2) is 18.2 Å². The minimum atomic E-state index is -1.10. The van der Waals surface area contributed by atoms with E-state index in [9.17, 15) is 19.2 Å². The van der Waals surface area contributed by atoms with Crippen molar-refractivity contribution in [3.63, 3.8) is 0 Å². The summed E-state index contributed by atoms with van der Waals surface area (Å²) in [5, 5.41) is 5.60. The Labute approximate surface area is 215 Å². The van der Waals surface area contributed by atoms with Crippen LogP contribution in [0.1, 0.15) is 90.0 Å². The first-order valence-electron chi connectivity index (χ1n) is 12.7. The first-order valence-corrected chi connectivity index (χ1v) is 12.7. The van der Waals surface area contributed by atoms with Gasteiger partial charge in [-0.2, -0.15) is 0 Å². The van der Waals surface area contributed by atoms with Gasteiger partial charge in [-0.3, -0.25) is 14.4 Å². The number of alkyl carbamates (subject to hydrolysis) is 1. The van der Waals surface area contributed by atoms with Gasteiger partial charge in [0, 0.05) is 19.0 Å². The Hall–Kier alpha value is -3.10. The summed E-state index contributed by atoms with van der Waals surface area (Å²) in [4.78, 5) is 52.8. The van der Waals surface area contributed by atoms with Crippen molar-refractivity contribution in [2.75, 3.05) is 6.54 Å². The van der Waals surface area contributed by atoms with E-state index >= 15 is 0 Å². The molecule has 0 saturated heterocycles. The average molecular weight is 505 g/mol. The second-order valence-electron chi connectivity index (χ2n) is 10.3. The van der Waals surface area contributed by atoms with Gasteiger partial charge in [0.2, 0.25) is 17.7 Å². The largest absolute Gasteiger partial charge is 0.444 e. The van der Waals surface area contributed by atoms with E-state index in [1.54, 1.807) is 27.7 Å². The molecule has 1 aromatic carbocycles. The molecule has 202 valence electrons. The van der Waals surface area contributed by atoms with E-state index in [1.165, 1.54) is 4.90 Å². The van der Waals surface area contributed by atoms with Gasteiger partial charge in [-0.25, -0.2) is 4.79 Å². The topological polar surface area (TPSA) is 131 Å². The van der Waals surface area contributed by atoms with E-state index in [0.29, 0.717) is 5.56 Å². The summed E-state index contributed by atoms with van der Waals surface area (Å²) in [6.45, 7) is 15.0. The lowest BCUT2D eigenvalue weighted by Gasteiger charge is -2.34. The standard InChI is InChI=1S/C27H44N4O5/c1-9-11-19(5)29-24(33)23(20-13-12-17(3)18(4)16-20)31(10-2)25(34)21(14-15-22(28)32)30-26(35)36-27(6,7)8/h12-13,16,19,21,23H,9-11,14-15H2,1-8H3,(H2,28,32)(H,29,33)(H,30,35). The van der Waals surface area contributed by atoms with Crippen molar-refractivity contribution >= 4 is 23.8 Å². The second kappa shape index (κ2) is 13.8. The van der Waals surface area contributed by atoms with Crippen LogP contribution in [0.3, 0.4) is 0 Å². The number of likely N-dealkylation sites (N-methyl/N-ethyl adjacent to an activating group) is 1. The van der Waals surface area contributed by atoms with Crippen LogP contribution in [0, 0.1) is 13.8 Å². The van der Waals surface area contributed by atoms with Crippen LogP contribution in [-0.4, -0.2) is 52.9 Å². The van der Waals surface area contributed by atoms with Crippen molar-refractivity contribution in [1.82, 2.24) is 15.5 Å². The van der Waals surface area contributed by atoms with E-state index in [1.807, 2.05) is 45.9 Å². The third-order valence-electron chi connectivity index (χ3n) is 5.81. The highest BCUT2D eigenvalue weighted by Gasteiger charge is 2.36. The molecular weight excluding hydrogens is 460 g/mol. The SMILES string of the molecule is CCCC(C)NC(=O)C(c1ccc(C)c(C)c1)N(CC)C(=O)C(CCC(N)=O)NC(=O)OC(C)(C)C. The number of hydrogen-bond donors (Lipinski definition) is 3. The third-order valence-corrected chi connectivity index (χ3v) is 5.81. The maximum absolute atomic E-state index is 13.8. The minimum Gasteiger partial charge on any atom is -0.444 e. The zero-order chi connectivity index (χ0) is 27.6. The van der Waals surface area contributed by atoms with Gasteiger partial charge in [0.25, 0.3) is 0 Å². The summed E-state index contributed by atoms with van der Waals surface area (Å²) in [5.74, 6) is -1.40. The number of carbonyl (C=O) groups is 4. The lowest BCUT2D eigenvalue weighted by atomic mass is 9.97. The number of nitrogens with zero attached hydrogens (tertiary/aromatic N) is 1. The van der Waals surface area contributed by atoms with Crippen LogP contribution in [0.25, 0.3) is 0 Å². The quantitative estimate of drug-likeness (QED) is 0.400. The third kappa shape index (κ3) is 9.87. The fraction of sp³-hybridized carbons (Fsp3) is 0.630. The Kier molecular flexibility index (Phi) is 11.9. The van der Waals surface area contributed by atoms with Gasteiger partial charge in [-0.1, -0.05) is 31.5 Å². The summed E-state index contributed by atoms with van der Waals surface area (Å²) >= 11 is 0. The molecule has 0 radical (unpaired) electrons. The van der Waals surface area contributed by atoms with Gasteiger partial charge in [-0.15, -0.1) is 0 Å². The Bertz CT molecular complexity index is 925. The fourth-order valence-electron chi connectivity index (χ4n) is 3.89. The predicted octanol–water partition coefficient (Wildman–Crippen LogP) is 3.66. The molecule has 0 aliphatic carbocycles. The first-order chi connectivity index (χ1) is 16.7. The molecule has 0 fully saturated rings. The fourth-order valence-corrected chi connectivity index (χ4v) is 3.89. The lowest BCUT2D eigenvalue weighted by molar-refractivity contribution is -0.142. The van der Waals surface area contributed by atoms with Crippen LogP contribution < -0.4 is 16.4 Å². The molecule has 4 N–H and O–H groups in total. The van der Waals surface area contributed by atoms with E-state index < -0.39 is 35.6 Å². The van der Waals surface area contributed by atoms with Crippen molar-refractivity contribution in [3.05, 3.63) is 34.9 Å². The van der Waals surface area contributed by atoms with Crippen molar-refractivity contribution in [1.29, 1.82) is 0 Å². The molecular formula is C27H44N4O5. The van der Waals surface area contributed by atoms with Crippen LogP contribution in [-0.2, 0) is 19.1 Å². The van der Waals surface area contributed by atoms with Gasteiger partial charge in [0.05, 0.1) is 0 Å². The van der Waals surface area contributed by atoms with Gasteiger partial charge < -0.3 is 26.0 Å². The molecule has 0 aromatic heterocycles. The summed E-state index contributed by atoms with van der Waals surface area (Å²) in [6.07, 6.45) is 0.786. The maximum Gasteiger partial charge on any atom is 0.408 e. The average Bonchev–Trinajstić information content (AvgIpc) is 2.75. The number of primary amides is 1. The molecule has 0 heterocycles. The van der Waals surface area contributed by atoms with Gasteiger partial charge in [-0.05, 0) is 78.0 Å². The molecule has 3 atom stereocenters. The molecule has 0 aliphatic rings. The van der Waals surface area contributed by atoms with E-state index in [0.717, 1.165) is 24.0 Å². The Morgan fingerprint density at radius 1 is 1.03 bits per heavy atom. The molecule has 9 nitrogen and oxygen atoms in total. The highest BCUT2D eigenvalue weighted by molar-refractivity contribution is 5.92. The molecule has 4 amide bonds. The zero-order valence-corrected chi connectivity index (χ0v) is 23.1. The molecule has 36 heavy (non-hydrogen) atoms. The predicted molar refractivity (Wildman–Crippen MR) is 140 cm³/mol. The summed E-state index contributed by atoms with van der Waals surface area (Å²) in [6, 6.07) is 3.57. The molecule has 0 aliphatic heterocycles. The van der Waals surface area contributed by atoms with Crippen molar-refractivity contribution < 1.29 is 23.9 Å². The summed E-state index contributed by atoms with van der Waals surface area (Å²) in [5.41, 5.74) is 7.28. The van der Waals surface area contributed by atoms with Crippen molar-refractivity contribution in [3.8, 4) is 0 Å². The van der Waals surface area contributed by atoms with Crippen LogP contribution >= 0.6 is 0 Å². The summed E-state index contributed by atoms with van der Waals surface area (Å²) < 4.78 is 5.32. The molecule has 0 saturated carbocycles. The van der Waals surface area contributed by atoms with Gasteiger partial charge in [0.15, 0.2) is 0 Å². The molecule has 9 heteroatoms. The highest BCUT2D eigenvalue weighted by atomic mass is 16.6. The number of ether oxygens (including phenoxy) is 1. The number of benzene rings is 1. The lowest BCUT2D eigenvalue weighted by Crippen LogP contribution is -2.53. The van der Waals surface area contributed by atoms with Crippen molar-refractivity contribution in [2.24, 2.45) is 5.73 Å². The summed E-state index contributed by atoms with van der Waals surface area (Å²) in [7, 11) is 0. The normalized spacial score (nSPS) is 13.8. The van der Waals surface area contributed by atoms with E-state index in [2.05, 4.69) is 10.6 Å². The molecule has 0 spiro atoms. The molecule has 3 unspecified atom stereocenters. The number of nitrogens with two attached hydrogens (primary N) is 1. The number of nitrogens with one attached hydrogen (secondary N) is 2. The first kappa shape index (κ1) is 30.9.